The Hall–Kier alpha value is -3.89. The van der Waals surface area contributed by atoms with Crippen LogP contribution in [0.15, 0.2) is 23.4 Å². The van der Waals surface area contributed by atoms with Crippen LogP contribution in [-0.4, -0.2) is 57.9 Å². The van der Waals surface area contributed by atoms with Crippen LogP contribution in [0.5, 0.6) is 5.88 Å². The minimum absolute atomic E-state index is 0.111. The Labute approximate surface area is 170 Å². The van der Waals surface area contributed by atoms with E-state index in [1.54, 1.807) is 6.92 Å². The summed E-state index contributed by atoms with van der Waals surface area (Å²) in [4.78, 5) is 48.1. The molecule has 30 heavy (non-hydrogen) atoms. The Morgan fingerprint density at radius 1 is 1.13 bits per heavy atom. The second kappa shape index (κ2) is 9.07. The third-order valence-electron chi connectivity index (χ3n) is 4.39. The molecule has 0 aliphatic carbocycles. The fraction of sp³-hybridized carbons (Fsp3) is 0.316. The number of aromatic amines is 3. The molecule has 0 radical (unpaired) electrons. The topological polar surface area (TPSA) is 152 Å². The summed E-state index contributed by atoms with van der Waals surface area (Å²) in [6.45, 7) is 2.09. The number of hydrogen-bond donors (Lipinski definition) is 3. The standard InChI is InChI=1S/C19H21N5O6/c1-4-30-18-10(7-14(25)28-2)15(19(27)29-3)12(23-18)8-13-16(21-6-5-20-13)11-9-22-24-17(11)26/h5-6,9,23H,4,7-8H2,1-3H3,(H2,22,24,26). The first-order valence-corrected chi connectivity index (χ1v) is 9.08. The fourth-order valence-electron chi connectivity index (χ4n) is 3.08. The predicted octanol–water partition coefficient (Wildman–Crippen LogP) is 0.980. The summed E-state index contributed by atoms with van der Waals surface area (Å²) in [5.74, 6) is -0.912. The Morgan fingerprint density at radius 3 is 2.53 bits per heavy atom. The van der Waals surface area contributed by atoms with Gasteiger partial charge >= 0.3 is 11.9 Å². The molecule has 3 aromatic rings. The van der Waals surface area contributed by atoms with Gasteiger partial charge in [-0.25, -0.2) is 4.79 Å². The monoisotopic (exact) mass is 415 g/mol. The second-order valence-electron chi connectivity index (χ2n) is 6.15. The number of carbonyl (C=O) groups excluding carboxylic acids is 2. The molecule has 0 aliphatic rings. The van der Waals surface area contributed by atoms with Crippen molar-refractivity contribution in [2.45, 2.75) is 19.8 Å². The number of H-pyrrole nitrogens is 3. The first-order chi connectivity index (χ1) is 14.5. The molecule has 0 bridgehead atoms. The number of aromatic nitrogens is 5. The van der Waals surface area contributed by atoms with E-state index < -0.39 is 11.9 Å². The lowest BCUT2D eigenvalue weighted by Crippen LogP contribution is -2.13. The van der Waals surface area contributed by atoms with Gasteiger partial charge in [0.05, 0.1) is 49.8 Å². The molecule has 11 nitrogen and oxygen atoms in total. The van der Waals surface area contributed by atoms with Crippen LogP contribution in [0.2, 0.25) is 0 Å². The van der Waals surface area contributed by atoms with Crippen molar-refractivity contribution in [2.75, 3.05) is 20.8 Å². The molecule has 0 saturated carbocycles. The van der Waals surface area contributed by atoms with Gasteiger partial charge in [0, 0.05) is 36.3 Å². The molecule has 0 unspecified atom stereocenters. The maximum absolute atomic E-state index is 12.6. The normalized spacial score (nSPS) is 10.6. The summed E-state index contributed by atoms with van der Waals surface area (Å²) < 4.78 is 15.3. The van der Waals surface area contributed by atoms with E-state index in [1.807, 2.05) is 0 Å². The van der Waals surface area contributed by atoms with Crippen LogP contribution < -0.4 is 10.3 Å². The lowest BCUT2D eigenvalue weighted by Gasteiger charge is -2.07. The van der Waals surface area contributed by atoms with Crippen molar-refractivity contribution in [3.05, 3.63) is 51.5 Å². The van der Waals surface area contributed by atoms with Crippen LogP contribution in [0.3, 0.4) is 0 Å². The van der Waals surface area contributed by atoms with Crippen LogP contribution >= 0.6 is 0 Å². The highest BCUT2D eigenvalue weighted by Gasteiger charge is 2.28. The van der Waals surface area contributed by atoms with E-state index in [9.17, 15) is 14.4 Å². The molecule has 3 rings (SSSR count). The van der Waals surface area contributed by atoms with Gasteiger partial charge in [-0.1, -0.05) is 0 Å². The van der Waals surface area contributed by atoms with Crippen LogP contribution in [0.1, 0.15) is 34.2 Å². The summed E-state index contributed by atoms with van der Waals surface area (Å²) in [6.07, 6.45) is 4.37. The van der Waals surface area contributed by atoms with Gasteiger partial charge < -0.3 is 24.3 Å². The van der Waals surface area contributed by atoms with Gasteiger partial charge in [-0.3, -0.25) is 24.7 Å². The number of carbonyl (C=O) groups is 2. The van der Waals surface area contributed by atoms with Crippen LogP contribution in [-0.2, 0) is 27.1 Å². The van der Waals surface area contributed by atoms with E-state index in [4.69, 9.17) is 14.2 Å². The quantitative estimate of drug-likeness (QED) is 0.460. The molecule has 0 spiro atoms. The highest BCUT2D eigenvalue weighted by Crippen LogP contribution is 2.30. The molecule has 3 heterocycles. The van der Waals surface area contributed by atoms with Crippen molar-refractivity contribution < 1.29 is 23.8 Å². The molecule has 0 fully saturated rings. The molecular weight excluding hydrogens is 394 g/mol. The Balaban J connectivity index is 2.12. The zero-order valence-electron chi connectivity index (χ0n) is 16.7. The SMILES string of the molecule is CCOc1[nH]c(Cc2nccnc2-c2c[nH][nH]c2=O)c(C(=O)OC)c1CC(=O)OC. The summed E-state index contributed by atoms with van der Waals surface area (Å²) in [5, 5.41) is 5.08. The largest absolute Gasteiger partial charge is 0.479 e. The number of hydrogen-bond acceptors (Lipinski definition) is 8. The Kier molecular flexibility index (Phi) is 6.30. The molecule has 3 N–H and O–H groups in total. The van der Waals surface area contributed by atoms with Crippen molar-refractivity contribution in [3.8, 4) is 17.1 Å². The number of nitrogens with one attached hydrogen (secondary N) is 3. The zero-order valence-corrected chi connectivity index (χ0v) is 16.7. The molecular formula is C19H21N5O6. The summed E-state index contributed by atoms with van der Waals surface area (Å²) >= 11 is 0. The van der Waals surface area contributed by atoms with Gasteiger partial charge in [0.15, 0.2) is 5.88 Å². The maximum atomic E-state index is 12.6. The summed E-state index contributed by atoms with van der Waals surface area (Å²) in [7, 11) is 2.50. The van der Waals surface area contributed by atoms with Gasteiger partial charge in [0.1, 0.15) is 0 Å². The molecule has 0 atom stereocenters. The lowest BCUT2D eigenvalue weighted by atomic mass is 10.0. The molecule has 0 aliphatic heterocycles. The molecule has 3 aromatic heterocycles. The van der Waals surface area contributed by atoms with Crippen LogP contribution in [0.25, 0.3) is 11.3 Å². The molecule has 0 saturated heterocycles. The van der Waals surface area contributed by atoms with Crippen molar-refractivity contribution in [3.63, 3.8) is 0 Å². The van der Waals surface area contributed by atoms with Crippen molar-refractivity contribution in [1.82, 2.24) is 25.1 Å². The van der Waals surface area contributed by atoms with Gasteiger partial charge in [0.25, 0.3) is 5.56 Å². The number of nitrogens with zero attached hydrogens (tertiary/aromatic N) is 2. The third-order valence-corrected chi connectivity index (χ3v) is 4.39. The van der Waals surface area contributed by atoms with Gasteiger partial charge in [0.2, 0.25) is 0 Å². The fourth-order valence-corrected chi connectivity index (χ4v) is 3.08. The minimum Gasteiger partial charge on any atom is -0.479 e. The van der Waals surface area contributed by atoms with Crippen molar-refractivity contribution in [2.24, 2.45) is 0 Å². The van der Waals surface area contributed by atoms with E-state index in [0.717, 1.165) is 0 Å². The van der Waals surface area contributed by atoms with E-state index in [1.165, 1.54) is 32.8 Å². The average molecular weight is 415 g/mol. The van der Waals surface area contributed by atoms with E-state index in [-0.39, 0.29) is 29.8 Å². The van der Waals surface area contributed by atoms with Crippen LogP contribution in [0, 0.1) is 0 Å². The molecule has 11 heteroatoms. The predicted molar refractivity (Wildman–Crippen MR) is 104 cm³/mol. The summed E-state index contributed by atoms with van der Waals surface area (Å²) in [5.41, 5.74) is 1.67. The average Bonchev–Trinajstić information content (AvgIpc) is 3.31. The zero-order chi connectivity index (χ0) is 21.7. The molecule has 0 aromatic carbocycles. The molecule has 158 valence electrons. The van der Waals surface area contributed by atoms with Crippen molar-refractivity contribution >= 4 is 11.9 Å². The van der Waals surface area contributed by atoms with E-state index in [2.05, 4.69) is 25.1 Å². The smallest absolute Gasteiger partial charge is 0.340 e. The first kappa shape index (κ1) is 20.8. The van der Waals surface area contributed by atoms with Crippen molar-refractivity contribution in [1.29, 1.82) is 0 Å². The lowest BCUT2D eigenvalue weighted by molar-refractivity contribution is -0.139. The number of esters is 2. The minimum atomic E-state index is -0.643. The number of rotatable bonds is 8. The molecule has 0 amide bonds. The number of ether oxygens (including phenoxy) is 3. The van der Waals surface area contributed by atoms with Gasteiger partial charge in [-0.15, -0.1) is 0 Å². The Bertz CT molecular complexity index is 1110. The Morgan fingerprint density at radius 2 is 1.90 bits per heavy atom. The third kappa shape index (κ3) is 4.09. The number of methoxy groups -OCH3 is 2. The van der Waals surface area contributed by atoms with Gasteiger partial charge in [-0.05, 0) is 6.92 Å². The van der Waals surface area contributed by atoms with Crippen LogP contribution in [0.4, 0.5) is 0 Å². The first-order valence-electron chi connectivity index (χ1n) is 9.08. The van der Waals surface area contributed by atoms with E-state index in [0.29, 0.717) is 34.8 Å². The highest BCUT2D eigenvalue weighted by molar-refractivity contribution is 5.95. The maximum Gasteiger partial charge on any atom is 0.340 e. The van der Waals surface area contributed by atoms with Gasteiger partial charge in [-0.2, -0.15) is 0 Å². The second-order valence-corrected chi connectivity index (χ2v) is 6.15. The highest BCUT2D eigenvalue weighted by atomic mass is 16.5. The summed E-state index contributed by atoms with van der Waals surface area (Å²) in [6, 6.07) is 0. The van der Waals surface area contributed by atoms with E-state index >= 15 is 0 Å².